The molecule has 9 aromatic carbocycles. The van der Waals surface area contributed by atoms with Crippen molar-refractivity contribution < 1.29 is 8.83 Å². The zero-order valence-corrected chi connectivity index (χ0v) is 27.0. The lowest BCUT2D eigenvalue weighted by atomic mass is 9.88. The second kappa shape index (κ2) is 10.4. The van der Waals surface area contributed by atoms with E-state index in [1.54, 1.807) is 0 Å². The molecule has 0 amide bonds. The summed E-state index contributed by atoms with van der Waals surface area (Å²) in [4.78, 5) is 0. The third-order valence-electron chi connectivity index (χ3n) is 10.4. The Balaban J connectivity index is 1.23. The Bertz CT molecular complexity index is 2990. The summed E-state index contributed by atoms with van der Waals surface area (Å²) in [7, 11) is 0. The van der Waals surface area contributed by atoms with Crippen molar-refractivity contribution in [1.82, 2.24) is 0 Å². The van der Waals surface area contributed by atoms with Crippen LogP contribution in [-0.2, 0) is 0 Å². The molecule has 0 saturated carbocycles. The van der Waals surface area contributed by atoms with Crippen LogP contribution in [-0.4, -0.2) is 0 Å². The average molecular weight is 637 g/mol. The molecule has 0 spiro atoms. The zero-order chi connectivity index (χ0) is 32.8. The molecule has 0 saturated heterocycles. The first-order chi connectivity index (χ1) is 24.8. The Morgan fingerprint density at radius 3 is 1.16 bits per heavy atom. The van der Waals surface area contributed by atoms with E-state index in [9.17, 15) is 0 Å². The first-order valence-corrected chi connectivity index (χ1v) is 17.1. The standard InChI is InChI=1S/C48H28O2/c1-2-13-37-35(11-1)36-12-3-4-14-38(36)42-28-29(23-24-39(37)42)30-25-31(33-17-9-21-45-47(33)40-15-5-7-19-43(40)49-45)27-32(26-30)34-18-10-22-46-48(34)41-16-6-8-20-44(41)50-46/h1-28H. The highest BCUT2D eigenvalue weighted by atomic mass is 16.3. The van der Waals surface area contributed by atoms with E-state index in [1.807, 2.05) is 12.1 Å². The summed E-state index contributed by atoms with van der Waals surface area (Å²) < 4.78 is 12.7. The molecule has 0 fully saturated rings. The first-order valence-electron chi connectivity index (χ1n) is 17.1. The van der Waals surface area contributed by atoms with E-state index in [0.717, 1.165) is 71.7 Å². The summed E-state index contributed by atoms with van der Waals surface area (Å²) >= 11 is 0. The van der Waals surface area contributed by atoms with Crippen molar-refractivity contribution >= 4 is 76.2 Å². The molecule has 2 nitrogen and oxygen atoms in total. The van der Waals surface area contributed by atoms with Gasteiger partial charge in [0.05, 0.1) is 0 Å². The third-order valence-corrected chi connectivity index (χ3v) is 10.4. The first kappa shape index (κ1) is 27.3. The minimum absolute atomic E-state index is 0.891. The molecule has 0 unspecified atom stereocenters. The number of benzene rings is 9. The minimum Gasteiger partial charge on any atom is -0.456 e. The minimum atomic E-state index is 0.891. The van der Waals surface area contributed by atoms with Crippen LogP contribution in [0.2, 0.25) is 0 Å². The van der Waals surface area contributed by atoms with Crippen LogP contribution in [0.25, 0.3) is 110 Å². The van der Waals surface area contributed by atoms with Crippen LogP contribution >= 0.6 is 0 Å². The lowest BCUT2D eigenvalue weighted by Crippen LogP contribution is -1.89. The average Bonchev–Trinajstić information content (AvgIpc) is 3.76. The second-order valence-corrected chi connectivity index (χ2v) is 13.2. The predicted molar refractivity (Wildman–Crippen MR) is 210 cm³/mol. The van der Waals surface area contributed by atoms with Gasteiger partial charge in [-0.15, -0.1) is 0 Å². The number of hydrogen-bond donors (Lipinski definition) is 0. The Morgan fingerprint density at radius 1 is 0.240 bits per heavy atom. The monoisotopic (exact) mass is 636 g/mol. The smallest absolute Gasteiger partial charge is 0.136 e. The largest absolute Gasteiger partial charge is 0.456 e. The van der Waals surface area contributed by atoms with Crippen molar-refractivity contribution in [1.29, 1.82) is 0 Å². The maximum atomic E-state index is 6.35. The number of furan rings is 2. The van der Waals surface area contributed by atoms with Gasteiger partial charge in [0.15, 0.2) is 0 Å². The fourth-order valence-corrected chi connectivity index (χ4v) is 8.22. The molecule has 0 aliphatic carbocycles. The van der Waals surface area contributed by atoms with Crippen LogP contribution in [0.4, 0.5) is 0 Å². The summed E-state index contributed by atoms with van der Waals surface area (Å²) in [6, 6.07) is 61.0. The summed E-state index contributed by atoms with van der Waals surface area (Å²) in [5, 5.41) is 12.1. The van der Waals surface area contributed by atoms with Crippen molar-refractivity contribution in [2.24, 2.45) is 0 Å². The quantitative estimate of drug-likeness (QED) is 0.180. The molecule has 11 rings (SSSR count). The Morgan fingerprint density at radius 2 is 0.640 bits per heavy atom. The number of hydrogen-bond acceptors (Lipinski definition) is 2. The molecule has 11 aromatic rings. The normalized spacial score (nSPS) is 12.0. The van der Waals surface area contributed by atoms with Gasteiger partial charge in [-0.3, -0.25) is 0 Å². The summed E-state index contributed by atoms with van der Waals surface area (Å²) in [5.41, 5.74) is 10.5. The molecular formula is C48H28O2. The van der Waals surface area contributed by atoms with Crippen molar-refractivity contribution in [3.8, 4) is 33.4 Å². The van der Waals surface area contributed by atoms with E-state index >= 15 is 0 Å². The van der Waals surface area contributed by atoms with Crippen LogP contribution in [0.3, 0.4) is 0 Å². The SMILES string of the molecule is c1ccc2c(c1)oc1cccc(-c3cc(-c4ccc5c6ccccc6c6ccccc6c5c4)cc(-c4cccc5oc6ccccc6c45)c3)c12. The van der Waals surface area contributed by atoms with Crippen molar-refractivity contribution in [2.45, 2.75) is 0 Å². The van der Waals surface area contributed by atoms with E-state index < -0.39 is 0 Å². The molecule has 2 heteroatoms. The van der Waals surface area contributed by atoms with Crippen LogP contribution < -0.4 is 0 Å². The molecule has 0 atom stereocenters. The number of rotatable bonds is 3. The molecule has 232 valence electrons. The predicted octanol–water partition coefficient (Wildman–Crippen LogP) is 13.9. The van der Waals surface area contributed by atoms with Gasteiger partial charge in [0.2, 0.25) is 0 Å². The van der Waals surface area contributed by atoms with Crippen LogP contribution in [0.1, 0.15) is 0 Å². The maximum Gasteiger partial charge on any atom is 0.136 e. The summed E-state index contributed by atoms with van der Waals surface area (Å²) in [6.07, 6.45) is 0. The van der Waals surface area contributed by atoms with Gasteiger partial charge < -0.3 is 8.83 Å². The molecular weight excluding hydrogens is 609 g/mol. The van der Waals surface area contributed by atoms with E-state index in [2.05, 4.69) is 158 Å². The fourth-order valence-electron chi connectivity index (χ4n) is 8.22. The fraction of sp³-hybridized carbons (Fsp3) is 0. The Hall–Kier alpha value is -6.64. The lowest BCUT2D eigenvalue weighted by molar-refractivity contribution is 0.668. The zero-order valence-electron chi connectivity index (χ0n) is 27.0. The third kappa shape index (κ3) is 3.96. The van der Waals surface area contributed by atoms with E-state index in [1.165, 1.54) is 37.9 Å². The molecule has 2 heterocycles. The Labute approximate surface area is 287 Å². The summed E-state index contributed by atoms with van der Waals surface area (Å²) in [5.74, 6) is 0. The highest BCUT2D eigenvalue weighted by Gasteiger charge is 2.18. The van der Waals surface area contributed by atoms with Gasteiger partial charge in [-0.2, -0.15) is 0 Å². The molecule has 50 heavy (non-hydrogen) atoms. The molecule has 0 bridgehead atoms. The maximum absolute atomic E-state index is 6.35. The highest BCUT2D eigenvalue weighted by molar-refractivity contribution is 6.26. The van der Waals surface area contributed by atoms with Crippen LogP contribution in [0.5, 0.6) is 0 Å². The van der Waals surface area contributed by atoms with Crippen molar-refractivity contribution in [2.75, 3.05) is 0 Å². The van der Waals surface area contributed by atoms with Crippen LogP contribution in [0, 0.1) is 0 Å². The topological polar surface area (TPSA) is 26.3 Å². The number of para-hydroxylation sites is 2. The van der Waals surface area contributed by atoms with Gasteiger partial charge in [0, 0.05) is 21.5 Å². The van der Waals surface area contributed by atoms with E-state index in [4.69, 9.17) is 8.83 Å². The van der Waals surface area contributed by atoms with Crippen molar-refractivity contribution in [3.63, 3.8) is 0 Å². The molecule has 0 radical (unpaired) electrons. The molecule has 0 aliphatic heterocycles. The van der Waals surface area contributed by atoms with Gasteiger partial charge in [0.25, 0.3) is 0 Å². The van der Waals surface area contributed by atoms with E-state index in [0.29, 0.717) is 0 Å². The second-order valence-electron chi connectivity index (χ2n) is 13.2. The lowest BCUT2D eigenvalue weighted by Gasteiger charge is -2.15. The van der Waals surface area contributed by atoms with E-state index in [-0.39, 0.29) is 0 Å². The molecule has 0 aliphatic rings. The molecule has 2 aromatic heterocycles. The van der Waals surface area contributed by atoms with Crippen LogP contribution in [0.15, 0.2) is 179 Å². The van der Waals surface area contributed by atoms with Gasteiger partial charge in [-0.05, 0) is 114 Å². The van der Waals surface area contributed by atoms with Gasteiger partial charge in [0.1, 0.15) is 22.3 Å². The molecule has 0 N–H and O–H groups in total. The Kier molecular flexibility index (Phi) is 5.70. The highest BCUT2D eigenvalue weighted by Crippen LogP contribution is 2.44. The number of fused-ring (bicyclic) bond motifs is 12. The van der Waals surface area contributed by atoms with Gasteiger partial charge >= 0.3 is 0 Å². The van der Waals surface area contributed by atoms with Crippen molar-refractivity contribution in [3.05, 3.63) is 170 Å². The van der Waals surface area contributed by atoms with Gasteiger partial charge in [-0.1, -0.05) is 121 Å². The summed E-state index contributed by atoms with van der Waals surface area (Å²) in [6.45, 7) is 0. The van der Waals surface area contributed by atoms with Gasteiger partial charge in [-0.25, -0.2) is 0 Å².